The van der Waals surface area contributed by atoms with Gasteiger partial charge < -0.3 is 0 Å². The molecule has 6 rings (SSSR count). The van der Waals surface area contributed by atoms with Crippen LogP contribution in [0.1, 0.15) is 11.1 Å². The Balaban J connectivity index is 0.000000204. The van der Waals surface area contributed by atoms with Gasteiger partial charge in [0.05, 0.1) is 11.4 Å². The number of hydrogen-bond donors (Lipinski definition) is 0. The average Bonchev–Trinajstić information content (AvgIpc) is 3.65. The molecule has 0 unspecified atom stereocenters. The first-order chi connectivity index (χ1) is 20.9. The Morgan fingerprint density at radius 2 is 0.977 bits per heavy atom. The third kappa shape index (κ3) is 9.61. The summed E-state index contributed by atoms with van der Waals surface area (Å²) in [5.41, 5.74) is 1.54. The molecule has 0 spiro atoms. The fraction of sp³-hybridized carbons (Fsp3) is 0.125. The van der Waals surface area contributed by atoms with Crippen molar-refractivity contribution < 1.29 is 47.2 Å². The number of nitrogens with zero attached hydrogens (tertiary/aromatic N) is 2. The molecule has 0 bridgehead atoms. The monoisotopic (exact) mass is 738 g/mol. The molecule has 0 saturated carbocycles. The zero-order valence-electron chi connectivity index (χ0n) is 23.3. The van der Waals surface area contributed by atoms with Gasteiger partial charge in [-0.15, -0.1) is 57.9 Å². The molecular weight excluding hydrogens is 717 g/mol. The maximum atomic E-state index is 12.7. The molecule has 12 heteroatoms. The van der Waals surface area contributed by atoms with Crippen molar-refractivity contribution in [2.24, 2.45) is 0 Å². The Kier molecular flexibility index (Phi) is 13.4. The van der Waals surface area contributed by atoms with Crippen molar-refractivity contribution in [2.45, 2.75) is 25.4 Å². The molecule has 0 N–H and O–H groups in total. The first kappa shape index (κ1) is 35.7. The fourth-order valence-corrected chi connectivity index (χ4v) is 4.29. The summed E-state index contributed by atoms with van der Waals surface area (Å²) in [6.07, 6.45) is -5.38. The van der Waals surface area contributed by atoms with E-state index >= 15 is 0 Å². The zero-order chi connectivity index (χ0) is 32.3. The molecule has 0 aliphatic carbocycles. The Hall–Kier alpha value is -2.78. The summed E-state index contributed by atoms with van der Waals surface area (Å²) in [6, 6.07) is 25.9. The van der Waals surface area contributed by atoms with Gasteiger partial charge in [-0.05, 0) is 46.5 Å². The quantitative estimate of drug-likeness (QED) is 0.100. The molecule has 0 aliphatic rings. The van der Waals surface area contributed by atoms with Gasteiger partial charge in [-0.25, -0.2) is 0 Å². The van der Waals surface area contributed by atoms with E-state index in [9.17, 15) is 26.3 Å². The number of aromatic nitrogens is 2. The Labute approximate surface area is 272 Å². The first-order valence-corrected chi connectivity index (χ1v) is 21.2. The van der Waals surface area contributed by atoms with Gasteiger partial charge in [0.2, 0.25) is 0 Å². The van der Waals surface area contributed by atoms with Crippen LogP contribution in [-0.2, 0) is 33.2 Å². The third-order valence-corrected chi connectivity index (χ3v) is 6.04. The SMILES string of the molecule is C[Si]C.FC(F)(F)c1cc2c(-c3ccccn3)cccc2[cH-]1.FC(F)(F)c1cc2c(-c3ccccn3)cccc2[cH-]1.[Cl][Zr+2][Cl]. The number of halogens is 8. The average molecular weight is 741 g/mol. The van der Waals surface area contributed by atoms with Crippen LogP contribution in [0.2, 0.25) is 13.1 Å². The number of alkyl halides is 6. The van der Waals surface area contributed by atoms with Crippen molar-refractivity contribution in [1.29, 1.82) is 0 Å². The van der Waals surface area contributed by atoms with Gasteiger partial charge in [-0.1, -0.05) is 37.4 Å². The number of fused-ring (bicyclic) bond motifs is 2. The maximum absolute atomic E-state index is 12.7. The Morgan fingerprint density at radius 3 is 1.27 bits per heavy atom. The van der Waals surface area contributed by atoms with Crippen molar-refractivity contribution in [3.63, 3.8) is 0 Å². The minimum absolute atomic E-state index is 0.577. The van der Waals surface area contributed by atoms with E-state index in [-0.39, 0.29) is 0 Å². The van der Waals surface area contributed by atoms with Gasteiger partial charge >= 0.3 is 50.2 Å². The second-order valence-corrected chi connectivity index (χ2v) is 13.8. The predicted molar refractivity (Wildman–Crippen MR) is 165 cm³/mol. The van der Waals surface area contributed by atoms with Gasteiger partial charge in [0.15, 0.2) is 0 Å². The zero-order valence-corrected chi connectivity index (χ0v) is 28.3. The first-order valence-electron chi connectivity index (χ1n) is 12.9. The van der Waals surface area contributed by atoms with E-state index < -0.39 is 44.3 Å². The van der Waals surface area contributed by atoms with Gasteiger partial charge in [0, 0.05) is 21.9 Å². The summed E-state index contributed by atoms with van der Waals surface area (Å²) in [6.45, 7) is 4.31. The third-order valence-electron chi connectivity index (χ3n) is 6.04. The summed E-state index contributed by atoms with van der Waals surface area (Å²) in [5.74, 6) is 0. The van der Waals surface area contributed by atoms with E-state index in [4.69, 9.17) is 17.0 Å². The second kappa shape index (κ2) is 16.5. The number of benzene rings is 2. The van der Waals surface area contributed by atoms with Crippen LogP contribution in [0, 0.1) is 0 Å². The molecular formula is C32H24Cl2F6N2SiZr. The van der Waals surface area contributed by atoms with Crippen molar-refractivity contribution in [1.82, 2.24) is 9.97 Å². The van der Waals surface area contributed by atoms with Gasteiger partial charge in [0.1, 0.15) is 0 Å². The molecule has 44 heavy (non-hydrogen) atoms. The van der Waals surface area contributed by atoms with Crippen LogP contribution in [0.3, 0.4) is 0 Å². The van der Waals surface area contributed by atoms with Crippen LogP contribution in [0.5, 0.6) is 0 Å². The predicted octanol–water partition coefficient (Wildman–Crippen LogP) is 11.4. The van der Waals surface area contributed by atoms with E-state index in [2.05, 4.69) is 23.1 Å². The number of hydrogen-bond acceptors (Lipinski definition) is 2. The van der Waals surface area contributed by atoms with Crippen LogP contribution in [0.15, 0.2) is 109 Å². The number of rotatable bonds is 2. The van der Waals surface area contributed by atoms with E-state index in [0.717, 1.165) is 9.52 Å². The van der Waals surface area contributed by atoms with E-state index in [0.29, 0.717) is 44.1 Å². The topological polar surface area (TPSA) is 25.8 Å². The summed E-state index contributed by atoms with van der Waals surface area (Å²) in [5, 5.41) is 2.31. The second-order valence-electron chi connectivity index (χ2n) is 9.10. The molecule has 226 valence electrons. The van der Waals surface area contributed by atoms with Crippen LogP contribution in [0.4, 0.5) is 26.3 Å². The molecule has 2 aromatic heterocycles. The normalized spacial score (nSPS) is 11.0. The molecule has 0 atom stereocenters. The van der Waals surface area contributed by atoms with Gasteiger partial charge in [0.25, 0.3) is 0 Å². The molecule has 4 aromatic carbocycles. The van der Waals surface area contributed by atoms with Crippen LogP contribution in [-0.4, -0.2) is 19.5 Å². The molecule has 0 aliphatic heterocycles. The van der Waals surface area contributed by atoms with E-state index in [1.807, 2.05) is 12.1 Å². The van der Waals surface area contributed by atoms with E-state index in [1.165, 1.54) is 24.3 Å². The molecule has 0 fully saturated rings. The minimum atomic E-state index is -4.32. The summed E-state index contributed by atoms with van der Waals surface area (Å²) in [4.78, 5) is 8.38. The summed E-state index contributed by atoms with van der Waals surface area (Å²) in [7, 11) is 11.0. The fourth-order valence-electron chi connectivity index (χ4n) is 4.29. The Bertz CT molecular complexity index is 1610. The van der Waals surface area contributed by atoms with Gasteiger partial charge in [-0.3, -0.25) is 9.97 Å². The number of pyridine rings is 2. The van der Waals surface area contributed by atoms with Gasteiger partial charge in [-0.2, -0.15) is 38.5 Å². The molecule has 2 heterocycles. The van der Waals surface area contributed by atoms with E-state index in [1.54, 1.807) is 73.1 Å². The summed E-state index contributed by atoms with van der Waals surface area (Å²) < 4.78 is 76.5. The van der Waals surface area contributed by atoms with Crippen molar-refractivity contribution >= 4 is 48.1 Å². The molecule has 2 nitrogen and oxygen atoms in total. The molecule has 2 radical (unpaired) electrons. The molecule has 6 aromatic rings. The van der Waals surface area contributed by atoms with Crippen molar-refractivity contribution in [3.05, 3.63) is 121 Å². The summed E-state index contributed by atoms with van der Waals surface area (Å²) >= 11 is -0.826. The standard InChI is InChI=1S/2C15H9F3N.C2H6Si.2ClH.Zr/c2*16-15(17,18)11-8-10-4-3-5-12(13(10)9-11)14-6-1-2-7-19-14;1-3-2;;;/h2*1-9H;1-2H3;2*1H;/q2*-1;;;;+4/p-2. The van der Waals surface area contributed by atoms with Crippen LogP contribution >= 0.6 is 17.0 Å². The Morgan fingerprint density at radius 1 is 0.614 bits per heavy atom. The van der Waals surface area contributed by atoms with Crippen LogP contribution < -0.4 is 0 Å². The van der Waals surface area contributed by atoms with Crippen LogP contribution in [0.25, 0.3) is 44.1 Å². The molecule has 0 amide bonds. The molecule has 0 saturated heterocycles. The van der Waals surface area contributed by atoms with Crippen molar-refractivity contribution in [2.75, 3.05) is 0 Å². The van der Waals surface area contributed by atoms with Crippen molar-refractivity contribution in [3.8, 4) is 22.5 Å².